The first-order valence-corrected chi connectivity index (χ1v) is 7.18. The molecule has 1 aromatic carbocycles. The van der Waals surface area contributed by atoms with Crippen molar-refractivity contribution in [2.75, 3.05) is 11.9 Å². The molecule has 0 aliphatic rings. The largest absolute Gasteiger partial charge is 0.343 e. The summed E-state index contributed by atoms with van der Waals surface area (Å²) in [6, 6.07) is 7.54. The lowest BCUT2D eigenvalue weighted by molar-refractivity contribution is -0.115. The van der Waals surface area contributed by atoms with E-state index in [1.54, 1.807) is 11.4 Å². The minimum Gasteiger partial charge on any atom is -0.343 e. The average molecular weight is 288 g/mol. The summed E-state index contributed by atoms with van der Waals surface area (Å²) >= 11 is 1.45. The maximum atomic E-state index is 11.9. The number of hydrogen-bond donors (Lipinski definition) is 2. The highest BCUT2D eigenvalue weighted by molar-refractivity contribution is 7.08. The van der Waals surface area contributed by atoms with Crippen molar-refractivity contribution in [3.8, 4) is 0 Å². The van der Waals surface area contributed by atoms with Crippen LogP contribution in [0.3, 0.4) is 0 Å². The van der Waals surface area contributed by atoms with E-state index in [1.165, 1.54) is 11.3 Å². The van der Waals surface area contributed by atoms with Crippen LogP contribution in [-0.2, 0) is 4.79 Å². The van der Waals surface area contributed by atoms with Crippen LogP contribution in [0.25, 0.3) is 0 Å². The zero-order chi connectivity index (χ0) is 14.5. The van der Waals surface area contributed by atoms with Crippen LogP contribution in [0.15, 0.2) is 35.0 Å². The van der Waals surface area contributed by atoms with E-state index < -0.39 is 0 Å². The second-order valence-electron chi connectivity index (χ2n) is 4.51. The Kier molecular flexibility index (Phi) is 4.53. The van der Waals surface area contributed by atoms with E-state index >= 15 is 0 Å². The molecule has 2 rings (SSSR count). The highest BCUT2D eigenvalue weighted by Gasteiger charge is 2.10. The molecule has 2 amide bonds. The van der Waals surface area contributed by atoms with Gasteiger partial charge in [-0.3, -0.25) is 9.59 Å². The maximum Gasteiger partial charge on any atom is 0.252 e. The van der Waals surface area contributed by atoms with Crippen molar-refractivity contribution < 1.29 is 9.59 Å². The minimum atomic E-state index is -0.233. The molecule has 0 bridgehead atoms. The van der Waals surface area contributed by atoms with Gasteiger partial charge in [0, 0.05) is 16.6 Å². The van der Waals surface area contributed by atoms with E-state index in [-0.39, 0.29) is 18.4 Å². The van der Waals surface area contributed by atoms with Gasteiger partial charge in [-0.15, -0.1) is 0 Å². The van der Waals surface area contributed by atoms with Gasteiger partial charge >= 0.3 is 0 Å². The monoisotopic (exact) mass is 288 g/mol. The van der Waals surface area contributed by atoms with Gasteiger partial charge in [0.1, 0.15) is 0 Å². The SMILES string of the molecule is Cc1cccc(C)c1NC(=O)CNC(=O)c1ccsc1. The average Bonchev–Trinajstić information content (AvgIpc) is 2.94. The Morgan fingerprint density at radius 3 is 2.45 bits per heavy atom. The molecule has 0 fully saturated rings. The van der Waals surface area contributed by atoms with Crippen molar-refractivity contribution in [1.82, 2.24) is 5.32 Å². The number of para-hydroxylation sites is 1. The molecular weight excluding hydrogens is 272 g/mol. The third kappa shape index (κ3) is 3.45. The van der Waals surface area contributed by atoms with Crippen LogP contribution in [0, 0.1) is 13.8 Å². The van der Waals surface area contributed by atoms with Gasteiger partial charge < -0.3 is 10.6 Å². The summed E-state index contributed by atoms with van der Waals surface area (Å²) < 4.78 is 0. The van der Waals surface area contributed by atoms with E-state index in [0.717, 1.165) is 16.8 Å². The normalized spacial score (nSPS) is 10.1. The summed E-state index contributed by atoms with van der Waals surface area (Å²) in [7, 11) is 0. The summed E-state index contributed by atoms with van der Waals surface area (Å²) in [6.07, 6.45) is 0. The Morgan fingerprint density at radius 2 is 1.85 bits per heavy atom. The zero-order valence-electron chi connectivity index (χ0n) is 11.4. The van der Waals surface area contributed by atoms with Crippen LogP contribution in [0.5, 0.6) is 0 Å². The Bertz CT molecular complexity index is 601. The predicted molar refractivity (Wildman–Crippen MR) is 81.2 cm³/mol. The number of thiophene rings is 1. The fourth-order valence-corrected chi connectivity index (χ4v) is 2.49. The molecule has 0 aliphatic carbocycles. The van der Waals surface area contributed by atoms with Crippen LogP contribution in [0.4, 0.5) is 5.69 Å². The molecule has 0 aliphatic heterocycles. The van der Waals surface area contributed by atoms with Crippen LogP contribution in [-0.4, -0.2) is 18.4 Å². The lowest BCUT2D eigenvalue weighted by Crippen LogP contribution is -2.32. The Balaban J connectivity index is 1.92. The maximum absolute atomic E-state index is 11.9. The number of amides is 2. The predicted octanol–water partition coefficient (Wildman–Crippen LogP) is 2.73. The first kappa shape index (κ1) is 14.3. The topological polar surface area (TPSA) is 58.2 Å². The van der Waals surface area contributed by atoms with Gasteiger partial charge in [-0.2, -0.15) is 11.3 Å². The molecule has 0 unspecified atom stereocenters. The molecule has 0 radical (unpaired) electrons. The second-order valence-corrected chi connectivity index (χ2v) is 5.29. The van der Waals surface area contributed by atoms with Gasteiger partial charge in [-0.05, 0) is 36.4 Å². The number of carbonyl (C=O) groups is 2. The van der Waals surface area contributed by atoms with Gasteiger partial charge in [-0.25, -0.2) is 0 Å². The molecule has 5 heteroatoms. The summed E-state index contributed by atoms with van der Waals surface area (Å²) in [5.74, 6) is -0.464. The van der Waals surface area contributed by atoms with Crippen LogP contribution >= 0.6 is 11.3 Å². The first-order valence-electron chi connectivity index (χ1n) is 6.24. The molecule has 0 atom stereocenters. The van der Waals surface area contributed by atoms with Gasteiger partial charge in [0.2, 0.25) is 5.91 Å². The van der Waals surface area contributed by atoms with E-state index in [4.69, 9.17) is 0 Å². The first-order chi connectivity index (χ1) is 9.58. The summed E-state index contributed by atoms with van der Waals surface area (Å²) in [6.45, 7) is 3.83. The third-order valence-corrected chi connectivity index (χ3v) is 3.62. The number of carbonyl (C=O) groups excluding carboxylic acids is 2. The highest BCUT2D eigenvalue weighted by atomic mass is 32.1. The number of aryl methyl sites for hydroxylation is 2. The molecule has 20 heavy (non-hydrogen) atoms. The number of anilines is 1. The van der Waals surface area contributed by atoms with Crippen LogP contribution in [0.1, 0.15) is 21.5 Å². The van der Waals surface area contributed by atoms with Crippen molar-refractivity contribution in [2.24, 2.45) is 0 Å². The standard InChI is InChI=1S/C15H16N2O2S/c1-10-4-3-5-11(2)14(10)17-13(18)8-16-15(19)12-6-7-20-9-12/h3-7,9H,8H2,1-2H3,(H,16,19)(H,17,18). The summed E-state index contributed by atoms with van der Waals surface area (Å²) in [4.78, 5) is 23.6. The van der Waals surface area contributed by atoms with E-state index in [1.807, 2.05) is 37.4 Å². The minimum absolute atomic E-state index is 0.0392. The fourth-order valence-electron chi connectivity index (χ4n) is 1.85. The van der Waals surface area contributed by atoms with Crippen molar-refractivity contribution >= 4 is 28.8 Å². The molecule has 1 heterocycles. The second kappa shape index (κ2) is 6.34. The lowest BCUT2D eigenvalue weighted by atomic mass is 10.1. The molecule has 2 N–H and O–H groups in total. The molecular formula is C15H16N2O2S. The molecule has 0 saturated carbocycles. The van der Waals surface area contributed by atoms with Crippen LogP contribution in [0.2, 0.25) is 0 Å². The number of nitrogens with one attached hydrogen (secondary N) is 2. The molecule has 0 spiro atoms. The zero-order valence-corrected chi connectivity index (χ0v) is 12.2. The van der Waals surface area contributed by atoms with Gasteiger partial charge in [0.15, 0.2) is 0 Å². The Labute approximate surface area is 121 Å². The van der Waals surface area contributed by atoms with Crippen molar-refractivity contribution in [3.63, 3.8) is 0 Å². The molecule has 2 aromatic rings. The summed E-state index contributed by atoms with van der Waals surface area (Å²) in [5, 5.41) is 9.00. The Hall–Kier alpha value is -2.14. The molecule has 1 aromatic heterocycles. The van der Waals surface area contributed by atoms with E-state index in [0.29, 0.717) is 5.56 Å². The quantitative estimate of drug-likeness (QED) is 0.909. The molecule has 4 nitrogen and oxygen atoms in total. The number of hydrogen-bond acceptors (Lipinski definition) is 3. The number of benzene rings is 1. The molecule has 0 saturated heterocycles. The summed E-state index contributed by atoms with van der Waals surface area (Å²) in [5.41, 5.74) is 3.39. The van der Waals surface area contributed by atoms with Crippen molar-refractivity contribution in [3.05, 3.63) is 51.7 Å². The van der Waals surface area contributed by atoms with Crippen molar-refractivity contribution in [2.45, 2.75) is 13.8 Å². The van der Waals surface area contributed by atoms with Gasteiger partial charge in [0.25, 0.3) is 5.91 Å². The van der Waals surface area contributed by atoms with Crippen molar-refractivity contribution in [1.29, 1.82) is 0 Å². The fraction of sp³-hybridized carbons (Fsp3) is 0.200. The Morgan fingerprint density at radius 1 is 1.15 bits per heavy atom. The van der Waals surface area contributed by atoms with E-state index in [9.17, 15) is 9.59 Å². The van der Waals surface area contributed by atoms with Crippen LogP contribution < -0.4 is 10.6 Å². The lowest BCUT2D eigenvalue weighted by Gasteiger charge is -2.11. The highest BCUT2D eigenvalue weighted by Crippen LogP contribution is 2.18. The van der Waals surface area contributed by atoms with E-state index in [2.05, 4.69) is 10.6 Å². The van der Waals surface area contributed by atoms with Gasteiger partial charge in [-0.1, -0.05) is 18.2 Å². The molecule has 104 valence electrons. The number of rotatable bonds is 4. The third-order valence-electron chi connectivity index (χ3n) is 2.94. The van der Waals surface area contributed by atoms with Gasteiger partial charge in [0.05, 0.1) is 6.54 Å². The smallest absolute Gasteiger partial charge is 0.252 e.